The molecule has 0 fully saturated rings. The molecular weight excluding hydrogens is 350 g/mol. The summed E-state index contributed by atoms with van der Waals surface area (Å²) < 4.78 is 29.4. The standard InChI is InChI=1S/C21H20F2N2O2/c1-14-10-17(11-15(2)19(14)27-21(22)23)12-18(13-24)20(26)25-9-8-16-6-4-3-5-7-16/h3-7,10-12,21H,8-9H2,1-2H3,(H,25,26)/b18-12+. The van der Waals surface area contributed by atoms with Crippen LogP contribution in [0.2, 0.25) is 0 Å². The minimum atomic E-state index is -2.91. The largest absolute Gasteiger partial charge is 0.434 e. The first-order valence-corrected chi connectivity index (χ1v) is 8.40. The van der Waals surface area contributed by atoms with E-state index in [1.165, 1.54) is 6.08 Å². The number of nitrogens with one attached hydrogen (secondary N) is 1. The van der Waals surface area contributed by atoms with Crippen LogP contribution >= 0.6 is 0 Å². The van der Waals surface area contributed by atoms with Gasteiger partial charge in [0.2, 0.25) is 0 Å². The zero-order valence-electron chi connectivity index (χ0n) is 15.1. The highest BCUT2D eigenvalue weighted by Gasteiger charge is 2.13. The number of carbonyl (C=O) groups excluding carboxylic acids is 1. The molecule has 140 valence electrons. The Labute approximate surface area is 157 Å². The van der Waals surface area contributed by atoms with Crippen molar-refractivity contribution in [2.45, 2.75) is 26.9 Å². The van der Waals surface area contributed by atoms with E-state index in [0.29, 0.717) is 29.7 Å². The zero-order chi connectivity index (χ0) is 19.8. The molecule has 0 aliphatic heterocycles. The van der Waals surface area contributed by atoms with Gasteiger partial charge in [-0.25, -0.2) is 0 Å². The number of alkyl halides is 2. The molecule has 4 nitrogen and oxygen atoms in total. The van der Waals surface area contributed by atoms with Crippen LogP contribution in [0.1, 0.15) is 22.3 Å². The lowest BCUT2D eigenvalue weighted by Crippen LogP contribution is -2.26. The van der Waals surface area contributed by atoms with Gasteiger partial charge in [-0.3, -0.25) is 4.79 Å². The Hall–Kier alpha value is -3.20. The van der Waals surface area contributed by atoms with E-state index in [0.717, 1.165) is 5.56 Å². The average Bonchev–Trinajstić information content (AvgIpc) is 2.63. The molecule has 0 atom stereocenters. The second kappa shape index (κ2) is 9.48. The average molecular weight is 370 g/mol. The molecular formula is C21H20F2N2O2. The molecule has 0 saturated heterocycles. The van der Waals surface area contributed by atoms with E-state index >= 15 is 0 Å². The fraction of sp³-hybridized carbons (Fsp3) is 0.238. The molecule has 2 aromatic rings. The van der Waals surface area contributed by atoms with Crippen molar-refractivity contribution >= 4 is 12.0 Å². The van der Waals surface area contributed by atoms with Crippen molar-refractivity contribution in [1.82, 2.24) is 5.32 Å². The van der Waals surface area contributed by atoms with E-state index in [-0.39, 0.29) is 11.3 Å². The minimum absolute atomic E-state index is 0.0515. The van der Waals surface area contributed by atoms with Crippen LogP contribution in [-0.4, -0.2) is 19.1 Å². The van der Waals surface area contributed by atoms with Gasteiger partial charge in [0.05, 0.1) is 0 Å². The Morgan fingerprint density at radius 1 is 1.22 bits per heavy atom. The lowest BCUT2D eigenvalue weighted by atomic mass is 10.0. The SMILES string of the molecule is Cc1cc(/C=C(\C#N)C(=O)NCCc2ccccc2)cc(C)c1OC(F)F. The molecule has 0 aliphatic carbocycles. The van der Waals surface area contributed by atoms with Crippen molar-refractivity contribution in [3.63, 3.8) is 0 Å². The molecule has 6 heteroatoms. The Morgan fingerprint density at radius 2 is 1.85 bits per heavy atom. The van der Waals surface area contributed by atoms with Gasteiger partial charge in [-0.1, -0.05) is 30.3 Å². The molecule has 0 aliphatic rings. The van der Waals surface area contributed by atoms with Crippen molar-refractivity contribution in [3.05, 3.63) is 70.3 Å². The number of aryl methyl sites for hydroxylation is 2. The van der Waals surface area contributed by atoms with Gasteiger partial charge in [-0.05, 0) is 60.7 Å². The van der Waals surface area contributed by atoms with Crippen molar-refractivity contribution in [2.24, 2.45) is 0 Å². The number of rotatable bonds is 7. The van der Waals surface area contributed by atoms with Crippen molar-refractivity contribution in [3.8, 4) is 11.8 Å². The molecule has 27 heavy (non-hydrogen) atoms. The van der Waals surface area contributed by atoms with Gasteiger partial charge in [0.15, 0.2) is 0 Å². The van der Waals surface area contributed by atoms with Crippen LogP contribution in [0.4, 0.5) is 8.78 Å². The van der Waals surface area contributed by atoms with E-state index < -0.39 is 12.5 Å². The third kappa shape index (κ3) is 5.93. The predicted octanol–water partition coefficient (Wildman–Crippen LogP) is 4.17. The third-order valence-electron chi connectivity index (χ3n) is 3.91. The summed E-state index contributed by atoms with van der Waals surface area (Å²) in [6, 6.07) is 14.8. The number of benzene rings is 2. The van der Waals surface area contributed by atoms with Crippen molar-refractivity contribution < 1.29 is 18.3 Å². The Bertz CT molecular complexity index is 848. The lowest BCUT2D eigenvalue weighted by molar-refractivity contribution is -0.117. The van der Waals surface area contributed by atoms with Crippen LogP contribution < -0.4 is 10.1 Å². The van der Waals surface area contributed by atoms with Crippen LogP contribution in [-0.2, 0) is 11.2 Å². The van der Waals surface area contributed by atoms with Gasteiger partial charge in [-0.2, -0.15) is 14.0 Å². The van der Waals surface area contributed by atoms with Crippen LogP contribution in [0.25, 0.3) is 6.08 Å². The molecule has 1 N–H and O–H groups in total. The Balaban J connectivity index is 2.08. The summed E-state index contributed by atoms with van der Waals surface area (Å²) in [5, 5.41) is 12.0. The Kier molecular flexibility index (Phi) is 7.07. The third-order valence-corrected chi connectivity index (χ3v) is 3.91. The number of halogens is 2. The summed E-state index contributed by atoms with van der Waals surface area (Å²) in [6.45, 7) is 0.761. The van der Waals surface area contributed by atoms with Gasteiger partial charge in [0.25, 0.3) is 5.91 Å². The molecule has 0 unspecified atom stereocenters. The molecule has 0 radical (unpaired) electrons. The summed E-state index contributed by atoms with van der Waals surface area (Å²) in [4.78, 5) is 12.2. The second-order valence-electron chi connectivity index (χ2n) is 6.02. The Morgan fingerprint density at radius 3 is 2.41 bits per heavy atom. The minimum Gasteiger partial charge on any atom is -0.434 e. The van der Waals surface area contributed by atoms with Crippen LogP contribution in [0.3, 0.4) is 0 Å². The maximum Gasteiger partial charge on any atom is 0.387 e. The van der Waals surface area contributed by atoms with E-state index in [4.69, 9.17) is 0 Å². The molecule has 2 aromatic carbocycles. The highest BCUT2D eigenvalue weighted by atomic mass is 19.3. The molecule has 0 heterocycles. The smallest absolute Gasteiger partial charge is 0.387 e. The molecule has 2 rings (SSSR count). The maximum atomic E-state index is 12.5. The summed E-state index contributed by atoms with van der Waals surface area (Å²) in [7, 11) is 0. The molecule has 0 bridgehead atoms. The number of ether oxygens (including phenoxy) is 1. The number of hydrogen-bond acceptors (Lipinski definition) is 3. The second-order valence-corrected chi connectivity index (χ2v) is 6.02. The number of carbonyl (C=O) groups is 1. The van der Waals surface area contributed by atoms with Crippen molar-refractivity contribution in [1.29, 1.82) is 5.26 Å². The quantitative estimate of drug-likeness (QED) is 0.588. The van der Waals surface area contributed by atoms with Gasteiger partial charge in [0.1, 0.15) is 17.4 Å². The number of nitriles is 1. The zero-order valence-corrected chi connectivity index (χ0v) is 15.1. The molecule has 0 saturated carbocycles. The van der Waals surface area contributed by atoms with Gasteiger partial charge >= 0.3 is 6.61 Å². The maximum absolute atomic E-state index is 12.5. The molecule has 1 amide bonds. The van der Waals surface area contributed by atoms with E-state index in [9.17, 15) is 18.8 Å². The predicted molar refractivity (Wildman–Crippen MR) is 99.3 cm³/mol. The fourth-order valence-corrected chi connectivity index (χ4v) is 2.72. The van der Waals surface area contributed by atoms with Gasteiger partial charge < -0.3 is 10.1 Å². The summed E-state index contributed by atoms with van der Waals surface area (Å²) >= 11 is 0. The summed E-state index contributed by atoms with van der Waals surface area (Å²) in [5.74, 6) is -0.371. The summed E-state index contributed by atoms with van der Waals surface area (Å²) in [5.41, 5.74) is 2.61. The number of nitrogens with zero attached hydrogens (tertiary/aromatic N) is 1. The molecule has 0 aromatic heterocycles. The van der Waals surface area contributed by atoms with Crippen molar-refractivity contribution in [2.75, 3.05) is 6.54 Å². The van der Waals surface area contributed by atoms with Crippen LogP contribution in [0.5, 0.6) is 5.75 Å². The highest BCUT2D eigenvalue weighted by molar-refractivity contribution is 6.01. The molecule has 0 spiro atoms. The number of amides is 1. The fourth-order valence-electron chi connectivity index (χ4n) is 2.72. The van der Waals surface area contributed by atoms with Gasteiger partial charge in [-0.15, -0.1) is 0 Å². The van der Waals surface area contributed by atoms with E-state index in [1.54, 1.807) is 26.0 Å². The van der Waals surface area contributed by atoms with Gasteiger partial charge in [0, 0.05) is 6.54 Å². The van der Waals surface area contributed by atoms with E-state index in [2.05, 4.69) is 10.1 Å². The first-order chi connectivity index (χ1) is 12.9. The lowest BCUT2D eigenvalue weighted by Gasteiger charge is -2.12. The summed E-state index contributed by atoms with van der Waals surface area (Å²) in [6.07, 6.45) is 2.09. The van der Waals surface area contributed by atoms with E-state index in [1.807, 2.05) is 36.4 Å². The number of hydrogen-bond donors (Lipinski definition) is 1. The highest BCUT2D eigenvalue weighted by Crippen LogP contribution is 2.27. The topological polar surface area (TPSA) is 62.1 Å². The first-order valence-electron chi connectivity index (χ1n) is 8.40. The van der Waals surface area contributed by atoms with Crippen LogP contribution in [0.15, 0.2) is 48.0 Å². The first kappa shape index (κ1) is 20.1. The monoisotopic (exact) mass is 370 g/mol. The normalized spacial score (nSPS) is 11.2. The van der Waals surface area contributed by atoms with Crippen LogP contribution in [0, 0.1) is 25.2 Å².